The summed E-state index contributed by atoms with van der Waals surface area (Å²) in [4.78, 5) is 27.9. The van der Waals surface area contributed by atoms with E-state index in [0.717, 1.165) is 24.2 Å². The summed E-state index contributed by atoms with van der Waals surface area (Å²) in [6.07, 6.45) is 0.739. The van der Waals surface area contributed by atoms with Gasteiger partial charge >= 0.3 is 5.97 Å². The number of carbonyl (C=O) groups excluding carboxylic acids is 2. The predicted molar refractivity (Wildman–Crippen MR) is 125 cm³/mol. The summed E-state index contributed by atoms with van der Waals surface area (Å²) in [5.74, 6) is 0.106. The first-order valence-electron chi connectivity index (χ1n) is 10.9. The van der Waals surface area contributed by atoms with Crippen LogP contribution in [0.25, 0.3) is 0 Å². The van der Waals surface area contributed by atoms with Crippen molar-refractivity contribution in [3.8, 4) is 0 Å². The first-order chi connectivity index (χ1) is 15.6. The van der Waals surface area contributed by atoms with Crippen LogP contribution in [0.5, 0.6) is 0 Å². The van der Waals surface area contributed by atoms with Crippen LogP contribution in [-0.2, 0) is 25.7 Å². The number of benzene rings is 2. The maximum Gasteiger partial charge on any atom is 0.348 e. The van der Waals surface area contributed by atoms with E-state index in [4.69, 9.17) is 4.74 Å². The molecule has 0 aliphatic carbocycles. The van der Waals surface area contributed by atoms with E-state index in [1.54, 1.807) is 0 Å². The van der Waals surface area contributed by atoms with Gasteiger partial charge in [0.2, 0.25) is 5.91 Å². The fraction of sp³-hybridized carbons (Fsp3) is 0.360. The molecule has 2 aliphatic heterocycles. The van der Waals surface area contributed by atoms with Crippen LogP contribution in [0.3, 0.4) is 0 Å². The molecule has 32 heavy (non-hydrogen) atoms. The molecule has 168 valence electrons. The summed E-state index contributed by atoms with van der Waals surface area (Å²) in [5, 5.41) is 14.1. The lowest BCUT2D eigenvalue weighted by Gasteiger charge is -2.38. The molecule has 1 amide bonds. The Morgan fingerprint density at radius 3 is 2.38 bits per heavy atom. The number of thioether (sulfide) groups is 1. The lowest BCUT2D eigenvalue weighted by molar-refractivity contribution is -0.161. The summed E-state index contributed by atoms with van der Waals surface area (Å²) < 4.78 is 6.01. The van der Waals surface area contributed by atoms with Crippen molar-refractivity contribution in [1.29, 1.82) is 0 Å². The molecule has 1 saturated heterocycles. The van der Waals surface area contributed by atoms with Gasteiger partial charge < -0.3 is 20.1 Å². The number of hydrogen-bond acceptors (Lipinski definition) is 6. The average Bonchev–Trinajstić information content (AvgIpc) is 2.84. The van der Waals surface area contributed by atoms with Crippen LogP contribution in [0.15, 0.2) is 71.3 Å². The minimum Gasteiger partial charge on any atom is -0.511 e. The number of nitrogens with one attached hydrogen (secondary N) is 1. The smallest absolute Gasteiger partial charge is 0.348 e. The molecule has 4 rings (SSSR count). The minimum atomic E-state index is -1.05. The Morgan fingerprint density at radius 2 is 1.72 bits per heavy atom. The summed E-state index contributed by atoms with van der Waals surface area (Å²) in [6.45, 7) is 2.94. The number of ether oxygens (including phenoxy) is 1. The van der Waals surface area contributed by atoms with Gasteiger partial charge in [0.05, 0.1) is 6.42 Å². The number of hydrogen-bond donors (Lipinski definition) is 2. The van der Waals surface area contributed by atoms with E-state index in [9.17, 15) is 14.7 Å². The number of aliphatic hydroxyl groups excluding tert-OH is 1. The van der Waals surface area contributed by atoms with Crippen LogP contribution in [0.1, 0.15) is 30.4 Å². The first kappa shape index (κ1) is 22.4. The second kappa shape index (κ2) is 10.2. The normalized spacial score (nSPS) is 21.4. The number of aliphatic hydroxyl groups is 1. The van der Waals surface area contributed by atoms with Crippen molar-refractivity contribution in [2.75, 3.05) is 26.2 Å². The second-order valence-corrected chi connectivity index (χ2v) is 9.09. The van der Waals surface area contributed by atoms with Gasteiger partial charge in [-0.3, -0.25) is 4.79 Å². The zero-order valence-corrected chi connectivity index (χ0v) is 18.8. The molecule has 6 nitrogen and oxygen atoms in total. The van der Waals surface area contributed by atoms with E-state index < -0.39 is 11.6 Å². The molecule has 1 fully saturated rings. The molecule has 0 bridgehead atoms. The van der Waals surface area contributed by atoms with Gasteiger partial charge in [-0.05, 0) is 11.1 Å². The number of nitrogens with zero attached hydrogens (tertiary/aromatic N) is 1. The van der Waals surface area contributed by atoms with Gasteiger partial charge in [-0.1, -0.05) is 60.7 Å². The fourth-order valence-electron chi connectivity index (χ4n) is 4.17. The summed E-state index contributed by atoms with van der Waals surface area (Å²) in [5.41, 5.74) is 0.801. The molecule has 1 atom stereocenters. The maximum atomic E-state index is 13.0. The van der Waals surface area contributed by atoms with E-state index >= 15 is 0 Å². The Hall–Kier alpha value is -2.77. The van der Waals surface area contributed by atoms with Crippen LogP contribution < -0.4 is 5.32 Å². The molecule has 0 spiro atoms. The van der Waals surface area contributed by atoms with Crippen molar-refractivity contribution in [2.24, 2.45) is 0 Å². The number of esters is 1. The van der Waals surface area contributed by atoms with E-state index in [1.807, 2.05) is 65.6 Å². The predicted octanol–water partition coefficient (Wildman–Crippen LogP) is 3.74. The molecule has 0 saturated carbocycles. The monoisotopic (exact) mass is 452 g/mol. The van der Waals surface area contributed by atoms with E-state index in [1.165, 1.54) is 11.8 Å². The Balaban J connectivity index is 1.52. The summed E-state index contributed by atoms with van der Waals surface area (Å²) in [6, 6.07) is 19.2. The molecule has 2 N–H and O–H groups in total. The molecule has 7 heteroatoms. The number of amides is 1. The van der Waals surface area contributed by atoms with E-state index in [2.05, 4.69) is 5.32 Å². The van der Waals surface area contributed by atoms with Crippen LogP contribution in [0.2, 0.25) is 0 Å². The Bertz CT molecular complexity index is 974. The van der Waals surface area contributed by atoms with Gasteiger partial charge in [-0.2, -0.15) is 0 Å². The topological polar surface area (TPSA) is 78.9 Å². The first-order valence-corrected chi connectivity index (χ1v) is 11.9. The second-order valence-electron chi connectivity index (χ2n) is 8.11. The number of rotatable bonds is 7. The molecule has 0 aromatic heterocycles. The number of cyclic esters (lactones) is 1. The molecular weight excluding hydrogens is 424 g/mol. The van der Waals surface area contributed by atoms with Crippen molar-refractivity contribution < 1.29 is 19.4 Å². The van der Waals surface area contributed by atoms with Crippen LogP contribution in [0, 0.1) is 0 Å². The highest BCUT2D eigenvalue weighted by Crippen LogP contribution is 2.44. The van der Waals surface area contributed by atoms with Gasteiger partial charge in [0.25, 0.3) is 0 Å². The molecular formula is C25H28N2O4S. The van der Waals surface area contributed by atoms with Crippen molar-refractivity contribution in [3.05, 3.63) is 82.5 Å². The van der Waals surface area contributed by atoms with E-state index in [0.29, 0.717) is 25.3 Å². The maximum absolute atomic E-state index is 13.0. The van der Waals surface area contributed by atoms with Gasteiger partial charge in [0.15, 0.2) is 0 Å². The highest BCUT2D eigenvalue weighted by molar-refractivity contribution is 8.03. The Kier molecular flexibility index (Phi) is 7.17. The van der Waals surface area contributed by atoms with Crippen molar-refractivity contribution in [1.82, 2.24) is 10.2 Å². The minimum absolute atomic E-state index is 0.0284. The molecule has 2 aliphatic rings. The van der Waals surface area contributed by atoms with Crippen LogP contribution in [0.4, 0.5) is 0 Å². The highest BCUT2D eigenvalue weighted by atomic mass is 32.2. The highest BCUT2D eigenvalue weighted by Gasteiger charge is 2.44. The molecule has 2 aromatic carbocycles. The van der Waals surface area contributed by atoms with Gasteiger partial charge in [0, 0.05) is 44.8 Å². The van der Waals surface area contributed by atoms with Crippen LogP contribution >= 0.6 is 11.8 Å². The van der Waals surface area contributed by atoms with Crippen molar-refractivity contribution >= 4 is 23.6 Å². The van der Waals surface area contributed by atoms with Gasteiger partial charge in [-0.25, -0.2) is 4.79 Å². The molecule has 2 aromatic rings. The SMILES string of the molecule is O=C1OC(CCC(=O)N2CCNCC2)(c2ccccc2)CC(O)=C1SCc1ccccc1. The third-order valence-corrected chi connectivity index (χ3v) is 7.10. The zero-order chi connectivity index (χ0) is 22.4. The Labute approximate surface area is 192 Å². The fourth-order valence-corrected chi connectivity index (χ4v) is 5.07. The summed E-state index contributed by atoms with van der Waals surface area (Å²) >= 11 is 1.28. The van der Waals surface area contributed by atoms with Gasteiger partial charge in [-0.15, -0.1) is 11.8 Å². The van der Waals surface area contributed by atoms with Crippen molar-refractivity contribution in [2.45, 2.75) is 30.6 Å². The lowest BCUT2D eigenvalue weighted by Crippen LogP contribution is -2.47. The standard InChI is InChI=1S/C25H28N2O4S/c28-21-17-25(20-9-5-2-6-10-20,12-11-22(29)27-15-13-26-14-16-27)31-24(30)23(21)32-18-19-7-3-1-4-8-19/h1-10,26,28H,11-18H2. The number of carbonyl (C=O) groups is 2. The van der Waals surface area contributed by atoms with E-state index in [-0.39, 0.29) is 29.4 Å². The molecule has 0 radical (unpaired) electrons. The number of piperazine rings is 1. The third kappa shape index (κ3) is 5.16. The summed E-state index contributed by atoms with van der Waals surface area (Å²) in [7, 11) is 0. The third-order valence-electron chi connectivity index (χ3n) is 5.93. The Morgan fingerprint density at radius 1 is 1.06 bits per heavy atom. The molecule has 1 unspecified atom stereocenters. The zero-order valence-electron chi connectivity index (χ0n) is 18.0. The average molecular weight is 453 g/mol. The van der Waals surface area contributed by atoms with Gasteiger partial charge in [0.1, 0.15) is 16.3 Å². The largest absolute Gasteiger partial charge is 0.511 e. The lowest BCUT2D eigenvalue weighted by atomic mass is 9.83. The van der Waals surface area contributed by atoms with Crippen LogP contribution in [-0.4, -0.2) is 48.1 Å². The van der Waals surface area contributed by atoms with Crippen molar-refractivity contribution in [3.63, 3.8) is 0 Å². The quantitative estimate of drug-likeness (QED) is 0.623. The molecule has 2 heterocycles.